The Hall–Kier alpha value is -1.42. The van der Waals surface area contributed by atoms with Crippen molar-refractivity contribution < 1.29 is 4.39 Å². The van der Waals surface area contributed by atoms with Crippen LogP contribution >= 0.6 is 11.3 Å². The molecule has 0 aliphatic carbocycles. The van der Waals surface area contributed by atoms with Gasteiger partial charge in [0, 0.05) is 10.4 Å². The van der Waals surface area contributed by atoms with E-state index < -0.39 is 0 Å². The molecule has 2 N–H and O–H groups in total. The van der Waals surface area contributed by atoms with Crippen molar-refractivity contribution in [2.24, 2.45) is 0 Å². The van der Waals surface area contributed by atoms with Gasteiger partial charge in [0.15, 0.2) is 5.13 Å². The van der Waals surface area contributed by atoms with Crippen molar-refractivity contribution >= 4 is 16.5 Å². The molecule has 0 radical (unpaired) electrons. The number of hydrogen-bond acceptors (Lipinski definition) is 3. The van der Waals surface area contributed by atoms with E-state index in [0.717, 1.165) is 4.88 Å². The Balaban J connectivity index is 2.60. The zero-order chi connectivity index (χ0) is 11.7. The Morgan fingerprint density at radius 2 is 2.00 bits per heavy atom. The molecule has 1 aromatic heterocycles. The molecule has 0 aliphatic heterocycles. The standard InChI is InChI=1S/C12H13FN2S/c1-7(2)11-10(15-12(14)16-11)8-5-3-4-6-9(8)13/h3-7H,1-2H3,(H2,14,15). The molecule has 1 heterocycles. The predicted octanol–water partition coefficient (Wildman–Crippen LogP) is 3.65. The van der Waals surface area contributed by atoms with Gasteiger partial charge in [0.2, 0.25) is 0 Å². The van der Waals surface area contributed by atoms with E-state index in [-0.39, 0.29) is 5.82 Å². The lowest BCUT2D eigenvalue weighted by molar-refractivity contribution is 0.630. The minimum absolute atomic E-state index is 0.255. The zero-order valence-electron chi connectivity index (χ0n) is 9.20. The zero-order valence-corrected chi connectivity index (χ0v) is 10.0. The van der Waals surface area contributed by atoms with Gasteiger partial charge in [-0.3, -0.25) is 0 Å². The van der Waals surface area contributed by atoms with Crippen LogP contribution in [-0.2, 0) is 0 Å². The Bertz CT molecular complexity index is 505. The number of nitrogens with two attached hydrogens (primary N) is 1. The first-order valence-corrected chi connectivity index (χ1v) is 5.92. The molecule has 16 heavy (non-hydrogen) atoms. The number of anilines is 1. The molecule has 4 heteroatoms. The molecule has 0 spiro atoms. The summed E-state index contributed by atoms with van der Waals surface area (Å²) >= 11 is 1.43. The van der Waals surface area contributed by atoms with Gasteiger partial charge >= 0.3 is 0 Å². The largest absolute Gasteiger partial charge is 0.375 e. The summed E-state index contributed by atoms with van der Waals surface area (Å²) in [4.78, 5) is 5.25. The minimum Gasteiger partial charge on any atom is -0.375 e. The van der Waals surface area contributed by atoms with E-state index in [9.17, 15) is 4.39 Å². The molecule has 2 nitrogen and oxygen atoms in total. The maximum atomic E-state index is 13.7. The number of aromatic nitrogens is 1. The van der Waals surface area contributed by atoms with Gasteiger partial charge < -0.3 is 5.73 Å². The first kappa shape index (κ1) is 11.1. The van der Waals surface area contributed by atoms with Crippen molar-refractivity contribution in [2.75, 3.05) is 5.73 Å². The molecule has 2 aromatic rings. The lowest BCUT2D eigenvalue weighted by Crippen LogP contribution is -1.91. The van der Waals surface area contributed by atoms with Gasteiger partial charge in [-0.25, -0.2) is 9.37 Å². The molecule has 0 unspecified atom stereocenters. The van der Waals surface area contributed by atoms with Crippen LogP contribution in [0.4, 0.5) is 9.52 Å². The number of halogens is 1. The number of nitrogens with zero attached hydrogens (tertiary/aromatic N) is 1. The summed E-state index contributed by atoms with van der Waals surface area (Å²) in [5, 5.41) is 0.488. The van der Waals surface area contributed by atoms with Crippen LogP contribution < -0.4 is 5.73 Å². The lowest BCUT2D eigenvalue weighted by Gasteiger charge is -2.05. The molecule has 0 bridgehead atoms. The summed E-state index contributed by atoms with van der Waals surface area (Å²) in [6, 6.07) is 6.65. The third-order valence-electron chi connectivity index (χ3n) is 2.32. The second-order valence-corrected chi connectivity index (χ2v) is 4.96. The van der Waals surface area contributed by atoms with Crippen LogP contribution in [-0.4, -0.2) is 4.98 Å². The van der Waals surface area contributed by atoms with E-state index in [0.29, 0.717) is 22.3 Å². The summed E-state index contributed by atoms with van der Waals surface area (Å²) < 4.78 is 13.7. The second-order valence-electron chi connectivity index (χ2n) is 3.90. The van der Waals surface area contributed by atoms with E-state index in [1.54, 1.807) is 18.2 Å². The van der Waals surface area contributed by atoms with Crippen molar-refractivity contribution in [2.45, 2.75) is 19.8 Å². The normalized spacial score (nSPS) is 11.0. The first-order valence-electron chi connectivity index (χ1n) is 5.10. The lowest BCUT2D eigenvalue weighted by atomic mass is 10.1. The molecular weight excluding hydrogens is 223 g/mol. The van der Waals surface area contributed by atoms with Gasteiger partial charge in [0.1, 0.15) is 5.82 Å². The summed E-state index contributed by atoms with van der Waals surface area (Å²) in [6.07, 6.45) is 0. The van der Waals surface area contributed by atoms with E-state index in [1.807, 2.05) is 0 Å². The highest BCUT2D eigenvalue weighted by molar-refractivity contribution is 7.15. The molecule has 0 amide bonds. The van der Waals surface area contributed by atoms with Crippen LogP contribution in [0.15, 0.2) is 24.3 Å². The molecule has 0 saturated heterocycles. The van der Waals surface area contributed by atoms with Crippen LogP contribution in [0.2, 0.25) is 0 Å². The molecule has 0 aliphatic rings. The van der Waals surface area contributed by atoms with Gasteiger partial charge in [-0.1, -0.05) is 26.0 Å². The number of thiazole rings is 1. The average molecular weight is 236 g/mol. The molecule has 2 rings (SSSR count). The quantitative estimate of drug-likeness (QED) is 0.864. The maximum absolute atomic E-state index is 13.7. The van der Waals surface area contributed by atoms with Gasteiger partial charge in [-0.15, -0.1) is 11.3 Å². The second kappa shape index (κ2) is 4.22. The predicted molar refractivity (Wildman–Crippen MR) is 66.0 cm³/mol. The smallest absolute Gasteiger partial charge is 0.180 e. The Morgan fingerprint density at radius 3 is 2.62 bits per heavy atom. The maximum Gasteiger partial charge on any atom is 0.180 e. The van der Waals surface area contributed by atoms with E-state index in [2.05, 4.69) is 18.8 Å². The van der Waals surface area contributed by atoms with Gasteiger partial charge in [0.05, 0.1) is 5.69 Å². The molecule has 0 atom stereocenters. The van der Waals surface area contributed by atoms with E-state index in [4.69, 9.17) is 5.73 Å². The van der Waals surface area contributed by atoms with Crippen LogP contribution in [0.3, 0.4) is 0 Å². The third kappa shape index (κ3) is 1.93. The number of hydrogen-bond donors (Lipinski definition) is 1. The number of rotatable bonds is 2. The highest BCUT2D eigenvalue weighted by Crippen LogP contribution is 2.35. The minimum atomic E-state index is -0.255. The van der Waals surface area contributed by atoms with Gasteiger partial charge in [0.25, 0.3) is 0 Å². The van der Waals surface area contributed by atoms with E-state index >= 15 is 0 Å². The van der Waals surface area contributed by atoms with Crippen molar-refractivity contribution in [3.63, 3.8) is 0 Å². The molecular formula is C12H13FN2S. The summed E-state index contributed by atoms with van der Waals surface area (Å²) in [6.45, 7) is 4.11. The van der Waals surface area contributed by atoms with Crippen LogP contribution in [0.1, 0.15) is 24.6 Å². The van der Waals surface area contributed by atoms with E-state index in [1.165, 1.54) is 17.4 Å². The fraction of sp³-hybridized carbons (Fsp3) is 0.250. The van der Waals surface area contributed by atoms with Gasteiger partial charge in [-0.2, -0.15) is 0 Å². The molecule has 84 valence electrons. The van der Waals surface area contributed by atoms with Crippen molar-refractivity contribution in [3.05, 3.63) is 35.0 Å². The Kier molecular flexibility index (Phi) is 2.92. The Morgan fingerprint density at radius 1 is 1.31 bits per heavy atom. The number of nitrogen functional groups attached to an aromatic ring is 1. The molecule has 1 aromatic carbocycles. The summed E-state index contributed by atoms with van der Waals surface area (Å²) in [5.41, 5.74) is 6.89. The molecule has 0 saturated carbocycles. The van der Waals surface area contributed by atoms with Crippen LogP contribution in [0, 0.1) is 5.82 Å². The molecule has 0 fully saturated rings. The van der Waals surface area contributed by atoms with Crippen molar-refractivity contribution in [3.8, 4) is 11.3 Å². The monoisotopic (exact) mass is 236 g/mol. The SMILES string of the molecule is CC(C)c1sc(N)nc1-c1ccccc1F. The first-order chi connectivity index (χ1) is 7.59. The van der Waals surface area contributed by atoms with Crippen LogP contribution in [0.25, 0.3) is 11.3 Å². The topological polar surface area (TPSA) is 38.9 Å². The summed E-state index contributed by atoms with van der Waals surface area (Å²) in [5.74, 6) is 0.0408. The highest BCUT2D eigenvalue weighted by Gasteiger charge is 2.16. The van der Waals surface area contributed by atoms with Crippen molar-refractivity contribution in [1.82, 2.24) is 4.98 Å². The average Bonchev–Trinajstić information content (AvgIpc) is 2.61. The van der Waals surface area contributed by atoms with Crippen molar-refractivity contribution in [1.29, 1.82) is 0 Å². The third-order valence-corrected chi connectivity index (χ3v) is 3.51. The number of benzene rings is 1. The fourth-order valence-corrected chi connectivity index (χ4v) is 2.44. The summed E-state index contributed by atoms with van der Waals surface area (Å²) in [7, 11) is 0. The Labute approximate surface area is 97.9 Å². The highest BCUT2D eigenvalue weighted by atomic mass is 32.1. The van der Waals surface area contributed by atoms with Crippen LogP contribution in [0.5, 0.6) is 0 Å². The van der Waals surface area contributed by atoms with Gasteiger partial charge in [-0.05, 0) is 18.1 Å². The fourth-order valence-electron chi connectivity index (χ4n) is 1.59.